The van der Waals surface area contributed by atoms with E-state index in [4.69, 9.17) is 4.52 Å². The first-order valence-electron chi connectivity index (χ1n) is 6.84. The van der Waals surface area contributed by atoms with E-state index in [-0.39, 0.29) is 5.82 Å². The molecule has 0 bridgehead atoms. The van der Waals surface area contributed by atoms with E-state index < -0.39 is 5.41 Å². The minimum atomic E-state index is -0.409. The summed E-state index contributed by atoms with van der Waals surface area (Å²) in [6.07, 6.45) is 0.709. The van der Waals surface area contributed by atoms with E-state index in [1.165, 1.54) is 12.1 Å². The van der Waals surface area contributed by atoms with Crippen LogP contribution in [0.2, 0.25) is 0 Å². The quantitative estimate of drug-likeness (QED) is 0.825. The van der Waals surface area contributed by atoms with Crippen LogP contribution < -0.4 is 5.32 Å². The number of nitrogens with zero attached hydrogens (tertiary/aromatic N) is 2. The van der Waals surface area contributed by atoms with Gasteiger partial charge in [0.05, 0.1) is 5.41 Å². The predicted molar refractivity (Wildman–Crippen MR) is 75.1 cm³/mol. The van der Waals surface area contributed by atoms with Crippen molar-refractivity contribution >= 4 is 0 Å². The van der Waals surface area contributed by atoms with E-state index in [2.05, 4.69) is 22.4 Å². The van der Waals surface area contributed by atoms with Crippen LogP contribution in [0.5, 0.6) is 0 Å². The third-order valence-electron chi connectivity index (χ3n) is 3.36. The van der Waals surface area contributed by atoms with Gasteiger partial charge in [-0.1, -0.05) is 24.2 Å². The molecule has 1 aromatic carbocycles. The number of halogens is 1. The summed E-state index contributed by atoms with van der Waals surface area (Å²) in [6, 6.07) is 6.40. The first-order valence-corrected chi connectivity index (χ1v) is 6.84. The maximum Gasteiger partial charge on any atom is 0.227 e. The Bertz CT molecular complexity index is 549. The number of likely N-dealkylation sites (N-methyl/N-ethyl adjacent to an activating group) is 1. The summed E-state index contributed by atoms with van der Waals surface area (Å²) in [5, 5.41) is 7.27. The molecule has 0 radical (unpaired) electrons. The van der Waals surface area contributed by atoms with Crippen molar-refractivity contribution in [2.45, 2.75) is 32.6 Å². The van der Waals surface area contributed by atoms with Gasteiger partial charge in [0.2, 0.25) is 5.89 Å². The Morgan fingerprint density at radius 3 is 2.60 bits per heavy atom. The molecular weight excluding hydrogens is 257 g/mol. The standard InChI is InChI=1S/C15H20FN3O/c1-4-17-10-9-13-18-14(19-20-13)15(2,3)11-5-7-12(16)8-6-11/h5-8,17H,4,9-10H2,1-3H3. The zero-order chi connectivity index (χ0) is 14.6. The molecule has 0 amide bonds. The van der Waals surface area contributed by atoms with Gasteiger partial charge in [-0.05, 0) is 38.1 Å². The van der Waals surface area contributed by atoms with Gasteiger partial charge in [-0.3, -0.25) is 0 Å². The molecule has 20 heavy (non-hydrogen) atoms. The van der Waals surface area contributed by atoms with Gasteiger partial charge >= 0.3 is 0 Å². The molecule has 1 aromatic heterocycles. The fraction of sp³-hybridized carbons (Fsp3) is 0.467. The van der Waals surface area contributed by atoms with Gasteiger partial charge < -0.3 is 9.84 Å². The SMILES string of the molecule is CCNCCc1nc(C(C)(C)c2ccc(F)cc2)no1. The summed E-state index contributed by atoms with van der Waals surface area (Å²) in [7, 11) is 0. The smallest absolute Gasteiger partial charge is 0.227 e. The topological polar surface area (TPSA) is 51.0 Å². The Morgan fingerprint density at radius 1 is 1.25 bits per heavy atom. The van der Waals surface area contributed by atoms with Gasteiger partial charge in [-0.2, -0.15) is 4.98 Å². The number of rotatable bonds is 6. The average Bonchev–Trinajstić information content (AvgIpc) is 2.89. The molecular formula is C15H20FN3O. The molecule has 0 aliphatic heterocycles. The van der Waals surface area contributed by atoms with E-state index in [9.17, 15) is 4.39 Å². The van der Waals surface area contributed by atoms with Crippen molar-refractivity contribution < 1.29 is 8.91 Å². The number of nitrogens with one attached hydrogen (secondary N) is 1. The molecule has 0 atom stereocenters. The van der Waals surface area contributed by atoms with Crippen molar-refractivity contribution in [2.24, 2.45) is 0 Å². The lowest BCUT2D eigenvalue weighted by Gasteiger charge is -2.20. The van der Waals surface area contributed by atoms with E-state index in [0.29, 0.717) is 18.1 Å². The normalized spacial score (nSPS) is 11.8. The number of aromatic nitrogens is 2. The monoisotopic (exact) mass is 277 g/mol. The van der Waals surface area contributed by atoms with Crippen LogP contribution >= 0.6 is 0 Å². The molecule has 4 nitrogen and oxygen atoms in total. The van der Waals surface area contributed by atoms with Gasteiger partial charge in [-0.25, -0.2) is 4.39 Å². The van der Waals surface area contributed by atoms with Crippen molar-refractivity contribution in [3.8, 4) is 0 Å². The minimum absolute atomic E-state index is 0.246. The molecule has 108 valence electrons. The molecule has 0 saturated carbocycles. The van der Waals surface area contributed by atoms with Crippen LogP contribution in [-0.2, 0) is 11.8 Å². The highest BCUT2D eigenvalue weighted by Crippen LogP contribution is 2.29. The number of benzene rings is 1. The van der Waals surface area contributed by atoms with Gasteiger partial charge in [0.1, 0.15) is 5.82 Å². The first-order chi connectivity index (χ1) is 9.54. The third kappa shape index (κ3) is 3.22. The summed E-state index contributed by atoms with van der Waals surface area (Å²) in [4.78, 5) is 4.44. The average molecular weight is 277 g/mol. The van der Waals surface area contributed by atoms with Crippen LogP contribution in [-0.4, -0.2) is 23.2 Å². The lowest BCUT2D eigenvalue weighted by atomic mass is 9.84. The van der Waals surface area contributed by atoms with Crippen LogP contribution in [0.25, 0.3) is 0 Å². The van der Waals surface area contributed by atoms with E-state index >= 15 is 0 Å². The van der Waals surface area contributed by atoms with Gasteiger partial charge in [0.25, 0.3) is 0 Å². The van der Waals surface area contributed by atoms with Crippen molar-refractivity contribution in [3.63, 3.8) is 0 Å². The lowest BCUT2D eigenvalue weighted by molar-refractivity contribution is 0.364. The molecule has 0 aliphatic carbocycles. The first kappa shape index (κ1) is 14.7. The lowest BCUT2D eigenvalue weighted by Crippen LogP contribution is -2.21. The fourth-order valence-electron chi connectivity index (χ4n) is 1.98. The summed E-state index contributed by atoms with van der Waals surface area (Å²) in [5.41, 5.74) is 0.547. The van der Waals surface area contributed by atoms with Gasteiger partial charge in [0.15, 0.2) is 5.82 Å². The second-order valence-corrected chi connectivity index (χ2v) is 5.25. The van der Waals surface area contributed by atoms with E-state index in [0.717, 1.165) is 18.7 Å². The summed E-state index contributed by atoms with van der Waals surface area (Å²) in [5.74, 6) is 0.996. The third-order valence-corrected chi connectivity index (χ3v) is 3.36. The number of hydrogen-bond donors (Lipinski definition) is 1. The Kier molecular flexibility index (Phi) is 4.49. The Balaban J connectivity index is 2.15. The Hall–Kier alpha value is -1.75. The molecule has 0 spiro atoms. The van der Waals surface area contributed by atoms with Crippen molar-refractivity contribution in [3.05, 3.63) is 47.4 Å². The van der Waals surface area contributed by atoms with Crippen molar-refractivity contribution in [2.75, 3.05) is 13.1 Å². The van der Waals surface area contributed by atoms with Crippen LogP contribution in [0.4, 0.5) is 4.39 Å². The van der Waals surface area contributed by atoms with Crippen molar-refractivity contribution in [1.29, 1.82) is 0 Å². The van der Waals surface area contributed by atoms with Crippen LogP contribution in [0.15, 0.2) is 28.8 Å². The Labute approximate surface area is 118 Å². The van der Waals surface area contributed by atoms with E-state index in [1.807, 2.05) is 13.8 Å². The second-order valence-electron chi connectivity index (χ2n) is 5.25. The maximum absolute atomic E-state index is 13.0. The molecule has 0 fully saturated rings. The molecule has 1 N–H and O–H groups in total. The second kappa shape index (κ2) is 6.13. The fourth-order valence-corrected chi connectivity index (χ4v) is 1.98. The molecule has 2 aromatic rings. The molecule has 0 unspecified atom stereocenters. The van der Waals surface area contributed by atoms with Crippen LogP contribution in [0.1, 0.15) is 38.0 Å². The highest BCUT2D eigenvalue weighted by molar-refractivity contribution is 5.30. The zero-order valence-corrected chi connectivity index (χ0v) is 12.1. The molecule has 0 saturated heterocycles. The summed E-state index contributed by atoms with van der Waals surface area (Å²) < 4.78 is 18.3. The summed E-state index contributed by atoms with van der Waals surface area (Å²) >= 11 is 0. The van der Waals surface area contributed by atoms with Gasteiger partial charge in [-0.15, -0.1) is 0 Å². The highest BCUT2D eigenvalue weighted by Gasteiger charge is 2.28. The molecule has 0 aliphatic rings. The van der Waals surface area contributed by atoms with Crippen molar-refractivity contribution in [1.82, 2.24) is 15.5 Å². The number of hydrogen-bond acceptors (Lipinski definition) is 4. The molecule has 1 heterocycles. The zero-order valence-electron chi connectivity index (χ0n) is 12.1. The van der Waals surface area contributed by atoms with Crippen LogP contribution in [0.3, 0.4) is 0 Å². The molecule has 2 rings (SSSR count). The van der Waals surface area contributed by atoms with E-state index in [1.54, 1.807) is 12.1 Å². The Morgan fingerprint density at radius 2 is 1.95 bits per heavy atom. The largest absolute Gasteiger partial charge is 0.339 e. The predicted octanol–water partition coefficient (Wildman–Crippen LogP) is 2.69. The van der Waals surface area contributed by atoms with Gasteiger partial charge in [0, 0.05) is 13.0 Å². The summed E-state index contributed by atoms with van der Waals surface area (Å²) in [6.45, 7) is 7.78. The van der Waals surface area contributed by atoms with Crippen LogP contribution in [0, 0.1) is 5.82 Å². The molecule has 5 heteroatoms. The maximum atomic E-state index is 13.0. The minimum Gasteiger partial charge on any atom is -0.339 e. The highest BCUT2D eigenvalue weighted by atomic mass is 19.1.